The lowest BCUT2D eigenvalue weighted by Crippen LogP contribution is -2.43. The Bertz CT molecular complexity index is 502. The number of hydrogen-bond acceptors (Lipinski definition) is 3. The minimum atomic E-state index is -3.51. The monoisotopic (exact) mass is 324 g/mol. The smallest absolute Gasteiger partial charge is 0.242 e. The van der Waals surface area contributed by atoms with E-state index < -0.39 is 10.0 Å². The Morgan fingerprint density at radius 1 is 1.32 bits per heavy atom. The summed E-state index contributed by atoms with van der Waals surface area (Å²) in [5.74, 6) is 0. The molecular formula is C12H18Cl2N2O2S. The highest BCUT2D eigenvalue weighted by atomic mass is 35.5. The summed E-state index contributed by atoms with van der Waals surface area (Å²) >= 11 is 5.90. The van der Waals surface area contributed by atoms with Gasteiger partial charge in [-0.1, -0.05) is 30.2 Å². The lowest BCUT2D eigenvalue weighted by Gasteiger charge is -2.23. The first-order valence-electron chi connectivity index (χ1n) is 6.07. The molecule has 0 saturated carbocycles. The van der Waals surface area contributed by atoms with Gasteiger partial charge in [0.15, 0.2) is 0 Å². The highest BCUT2D eigenvalue weighted by Gasteiger charge is 2.20. The molecule has 2 N–H and O–H groups in total. The van der Waals surface area contributed by atoms with Crippen molar-refractivity contribution >= 4 is 34.0 Å². The van der Waals surface area contributed by atoms with Crippen LogP contribution >= 0.6 is 24.0 Å². The quantitative estimate of drug-likeness (QED) is 0.892. The predicted octanol–water partition coefficient (Wildman–Crippen LogP) is 2.18. The molecule has 0 bridgehead atoms. The second-order valence-corrected chi connectivity index (χ2v) is 6.57. The number of hydrogen-bond donors (Lipinski definition) is 2. The standard InChI is InChI=1S/C12H17ClN2O2S.ClH/c13-11-6-1-2-7-12(11)18(16,17)15-9-10-5-3-4-8-14-10;/h1-2,6-7,10,14-15H,3-5,8-9H2;1H. The van der Waals surface area contributed by atoms with Crippen molar-refractivity contribution in [1.82, 2.24) is 10.0 Å². The maximum absolute atomic E-state index is 12.1. The van der Waals surface area contributed by atoms with Crippen molar-refractivity contribution in [3.05, 3.63) is 29.3 Å². The van der Waals surface area contributed by atoms with Crippen LogP contribution in [0.15, 0.2) is 29.2 Å². The summed E-state index contributed by atoms with van der Waals surface area (Å²) in [6, 6.07) is 6.69. The first-order valence-corrected chi connectivity index (χ1v) is 7.93. The Labute approximate surface area is 125 Å². The molecule has 1 aliphatic heterocycles. The summed E-state index contributed by atoms with van der Waals surface area (Å²) in [6.45, 7) is 1.37. The summed E-state index contributed by atoms with van der Waals surface area (Å²) in [6.07, 6.45) is 3.31. The van der Waals surface area contributed by atoms with E-state index in [0.29, 0.717) is 6.54 Å². The Hall–Kier alpha value is -0.330. The largest absolute Gasteiger partial charge is 0.313 e. The van der Waals surface area contributed by atoms with Crippen LogP contribution in [0.4, 0.5) is 0 Å². The van der Waals surface area contributed by atoms with E-state index in [1.165, 1.54) is 6.07 Å². The molecule has 1 atom stereocenters. The Morgan fingerprint density at radius 3 is 2.68 bits per heavy atom. The summed E-state index contributed by atoms with van der Waals surface area (Å²) < 4.78 is 26.8. The molecule has 2 rings (SSSR count). The van der Waals surface area contributed by atoms with Crippen LogP contribution in [0.25, 0.3) is 0 Å². The third kappa shape index (κ3) is 4.61. The second-order valence-electron chi connectivity index (χ2n) is 4.43. The molecule has 1 aliphatic rings. The summed E-state index contributed by atoms with van der Waals surface area (Å²) in [7, 11) is -3.51. The zero-order valence-electron chi connectivity index (χ0n) is 10.4. The zero-order chi connectivity index (χ0) is 13.0. The fourth-order valence-electron chi connectivity index (χ4n) is 2.05. The van der Waals surface area contributed by atoms with Gasteiger partial charge in [-0.3, -0.25) is 0 Å². The van der Waals surface area contributed by atoms with Gasteiger partial charge in [0.1, 0.15) is 4.90 Å². The second kappa shape index (κ2) is 7.45. The van der Waals surface area contributed by atoms with E-state index in [9.17, 15) is 8.42 Å². The van der Waals surface area contributed by atoms with Crippen LogP contribution in [0.2, 0.25) is 5.02 Å². The molecule has 1 aromatic rings. The van der Waals surface area contributed by atoms with Crippen molar-refractivity contribution in [2.45, 2.75) is 30.2 Å². The third-order valence-electron chi connectivity index (χ3n) is 3.06. The minimum Gasteiger partial charge on any atom is -0.313 e. The van der Waals surface area contributed by atoms with Gasteiger partial charge in [0, 0.05) is 12.6 Å². The summed E-state index contributed by atoms with van der Waals surface area (Å²) in [5.41, 5.74) is 0. The summed E-state index contributed by atoms with van der Waals surface area (Å²) in [5, 5.41) is 3.55. The SMILES string of the molecule is Cl.O=S(=O)(NCC1CCCCN1)c1ccccc1Cl. The minimum absolute atomic E-state index is 0. The van der Waals surface area contributed by atoms with E-state index in [1.807, 2.05) is 0 Å². The molecule has 19 heavy (non-hydrogen) atoms. The fraction of sp³-hybridized carbons (Fsp3) is 0.500. The summed E-state index contributed by atoms with van der Waals surface area (Å²) in [4.78, 5) is 0.141. The number of halogens is 2. The Morgan fingerprint density at radius 2 is 2.05 bits per heavy atom. The van der Waals surface area contributed by atoms with Gasteiger partial charge in [0.05, 0.1) is 5.02 Å². The zero-order valence-corrected chi connectivity index (χ0v) is 12.8. The van der Waals surface area contributed by atoms with Crippen LogP contribution in [0, 0.1) is 0 Å². The van der Waals surface area contributed by atoms with E-state index in [4.69, 9.17) is 11.6 Å². The molecule has 1 heterocycles. The van der Waals surface area contributed by atoms with E-state index in [2.05, 4.69) is 10.0 Å². The fourth-order valence-corrected chi connectivity index (χ4v) is 3.65. The third-order valence-corrected chi connectivity index (χ3v) is 4.98. The molecular weight excluding hydrogens is 307 g/mol. The van der Waals surface area contributed by atoms with Crippen molar-refractivity contribution < 1.29 is 8.42 Å². The van der Waals surface area contributed by atoms with Gasteiger partial charge in [-0.15, -0.1) is 12.4 Å². The van der Waals surface area contributed by atoms with E-state index >= 15 is 0 Å². The first-order chi connectivity index (χ1) is 8.59. The van der Waals surface area contributed by atoms with Crippen molar-refractivity contribution in [2.75, 3.05) is 13.1 Å². The van der Waals surface area contributed by atoms with Crippen molar-refractivity contribution in [2.24, 2.45) is 0 Å². The molecule has 1 aromatic carbocycles. The highest BCUT2D eigenvalue weighted by molar-refractivity contribution is 7.89. The van der Waals surface area contributed by atoms with E-state index in [1.54, 1.807) is 18.2 Å². The molecule has 0 amide bonds. The molecule has 0 aliphatic carbocycles. The lowest BCUT2D eigenvalue weighted by molar-refractivity contribution is 0.398. The maximum atomic E-state index is 12.1. The van der Waals surface area contributed by atoms with Gasteiger partial charge >= 0.3 is 0 Å². The van der Waals surface area contributed by atoms with Gasteiger partial charge in [-0.05, 0) is 31.5 Å². The molecule has 0 radical (unpaired) electrons. The predicted molar refractivity (Wildman–Crippen MR) is 79.5 cm³/mol. The van der Waals surface area contributed by atoms with Crippen molar-refractivity contribution in [3.8, 4) is 0 Å². The van der Waals surface area contributed by atoms with Crippen LogP contribution < -0.4 is 10.0 Å². The van der Waals surface area contributed by atoms with Crippen LogP contribution in [0.1, 0.15) is 19.3 Å². The topological polar surface area (TPSA) is 58.2 Å². The normalized spacial score (nSPS) is 19.7. The average molecular weight is 325 g/mol. The number of sulfonamides is 1. The van der Waals surface area contributed by atoms with Gasteiger partial charge in [-0.2, -0.15) is 0 Å². The van der Waals surface area contributed by atoms with Gasteiger partial charge < -0.3 is 5.32 Å². The molecule has 0 aromatic heterocycles. The maximum Gasteiger partial charge on any atom is 0.242 e. The molecule has 4 nitrogen and oxygen atoms in total. The Kier molecular flexibility index (Phi) is 6.56. The van der Waals surface area contributed by atoms with Gasteiger partial charge in [0.25, 0.3) is 0 Å². The molecule has 7 heteroatoms. The number of nitrogens with one attached hydrogen (secondary N) is 2. The number of benzene rings is 1. The molecule has 1 saturated heterocycles. The van der Waals surface area contributed by atoms with Crippen LogP contribution in [0.5, 0.6) is 0 Å². The van der Waals surface area contributed by atoms with Crippen molar-refractivity contribution in [3.63, 3.8) is 0 Å². The number of rotatable bonds is 4. The lowest BCUT2D eigenvalue weighted by atomic mass is 10.1. The van der Waals surface area contributed by atoms with Gasteiger partial charge in [-0.25, -0.2) is 13.1 Å². The van der Waals surface area contributed by atoms with Crippen LogP contribution in [-0.2, 0) is 10.0 Å². The molecule has 1 unspecified atom stereocenters. The van der Waals surface area contributed by atoms with E-state index in [-0.39, 0.29) is 28.4 Å². The highest BCUT2D eigenvalue weighted by Crippen LogP contribution is 2.20. The van der Waals surface area contributed by atoms with Gasteiger partial charge in [0.2, 0.25) is 10.0 Å². The van der Waals surface area contributed by atoms with Crippen LogP contribution in [-0.4, -0.2) is 27.5 Å². The molecule has 0 spiro atoms. The van der Waals surface area contributed by atoms with Crippen molar-refractivity contribution in [1.29, 1.82) is 0 Å². The average Bonchev–Trinajstić information content (AvgIpc) is 2.38. The van der Waals surface area contributed by atoms with E-state index in [0.717, 1.165) is 25.8 Å². The van der Waals surface area contributed by atoms with Crippen LogP contribution in [0.3, 0.4) is 0 Å². The Balaban J connectivity index is 0.00000180. The first kappa shape index (κ1) is 16.7. The molecule has 1 fully saturated rings. The number of piperidine rings is 1. The molecule has 108 valence electrons.